The largest absolute Gasteiger partial charge is 0.481 e. The summed E-state index contributed by atoms with van der Waals surface area (Å²) in [5.41, 5.74) is 1.25. The highest BCUT2D eigenvalue weighted by atomic mass is 16.5. The van der Waals surface area contributed by atoms with E-state index in [0.29, 0.717) is 13.2 Å². The van der Waals surface area contributed by atoms with Gasteiger partial charge in [0.1, 0.15) is 0 Å². The molecule has 92 valence electrons. The Morgan fingerprint density at radius 2 is 2.18 bits per heavy atom. The molecular weight excluding hydrogens is 218 g/mol. The Hall–Kier alpha value is -1.39. The van der Waals surface area contributed by atoms with Crippen molar-refractivity contribution in [3.05, 3.63) is 35.9 Å². The lowest BCUT2D eigenvalue weighted by Gasteiger charge is -2.32. The summed E-state index contributed by atoms with van der Waals surface area (Å²) in [5, 5.41) is 8.74. The number of aliphatic carboxylic acids is 1. The third kappa shape index (κ3) is 3.84. The van der Waals surface area contributed by atoms with Crippen LogP contribution >= 0.6 is 0 Å². The Kier molecular flexibility index (Phi) is 4.12. The predicted octanol–water partition coefficient (Wildman–Crippen LogP) is 1.36. The van der Waals surface area contributed by atoms with Gasteiger partial charge in [0.05, 0.1) is 19.1 Å². The SMILES string of the molecule is O=C(O)C[C@@H]1CN(Cc2ccccc2)CCO1. The van der Waals surface area contributed by atoms with E-state index in [1.54, 1.807) is 0 Å². The van der Waals surface area contributed by atoms with Crippen LogP contribution in [0.4, 0.5) is 0 Å². The molecule has 2 rings (SSSR count). The van der Waals surface area contributed by atoms with Crippen molar-refractivity contribution in [2.24, 2.45) is 0 Å². The Labute approximate surface area is 101 Å². The summed E-state index contributed by atoms with van der Waals surface area (Å²) in [6.07, 6.45) is -0.0874. The van der Waals surface area contributed by atoms with Gasteiger partial charge in [-0.1, -0.05) is 30.3 Å². The van der Waals surface area contributed by atoms with Crippen LogP contribution in [0.5, 0.6) is 0 Å². The lowest BCUT2D eigenvalue weighted by molar-refractivity contribution is -0.142. The molecule has 1 N–H and O–H groups in total. The smallest absolute Gasteiger partial charge is 0.306 e. The summed E-state index contributed by atoms with van der Waals surface area (Å²) in [4.78, 5) is 12.9. The summed E-state index contributed by atoms with van der Waals surface area (Å²) in [6.45, 7) is 3.04. The average molecular weight is 235 g/mol. The van der Waals surface area contributed by atoms with Gasteiger partial charge in [0.15, 0.2) is 0 Å². The first kappa shape index (κ1) is 12.1. The molecule has 0 aromatic heterocycles. The number of hydrogen-bond donors (Lipinski definition) is 1. The van der Waals surface area contributed by atoms with Crippen LogP contribution in [-0.2, 0) is 16.1 Å². The molecule has 0 aliphatic carbocycles. The van der Waals surface area contributed by atoms with Crippen molar-refractivity contribution in [2.75, 3.05) is 19.7 Å². The van der Waals surface area contributed by atoms with E-state index in [0.717, 1.165) is 13.1 Å². The Bertz CT molecular complexity index is 366. The van der Waals surface area contributed by atoms with Crippen molar-refractivity contribution >= 4 is 5.97 Å². The normalized spacial score (nSPS) is 21.3. The zero-order valence-electron chi connectivity index (χ0n) is 9.71. The molecule has 0 radical (unpaired) electrons. The van der Waals surface area contributed by atoms with Crippen molar-refractivity contribution in [3.63, 3.8) is 0 Å². The molecule has 0 spiro atoms. The van der Waals surface area contributed by atoms with E-state index in [1.807, 2.05) is 18.2 Å². The summed E-state index contributed by atoms with van der Waals surface area (Å²) >= 11 is 0. The lowest BCUT2D eigenvalue weighted by atomic mass is 10.1. The minimum Gasteiger partial charge on any atom is -0.481 e. The van der Waals surface area contributed by atoms with Crippen molar-refractivity contribution < 1.29 is 14.6 Å². The number of nitrogens with zero attached hydrogens (tertiary/aromatic N) is 1. The lowest BCUT2D eigenvalue weighted by Crippen LogP contribution is -2.42. The van der Waals surface area contributed by atoms with Gasteiger partial charge in [0.2, 0.25) is 0 Å². The number of carboxylic acids is 1. The number of rotatable bonds is 4. The Morgan fingerprint density at radius 3 is 2.88 bits per heavy atom. The van der Waals surface area contributed by atoms with Crippen molar-refractivity contribution in [1.29, 1.82) is 0 Å². The van der Waals surface area contributed by atoms with E-state index >= 15 is 0 Å². The highest BCUT2D eigenvalue weighted by Crippen LogP contribution is 2.12. The van der Waals surface area contributed by atoms with Gasteiger partial charge in [-0.2, -0.15) is 0 Å². The second kappa shape index (κ2) is 5.80. The van der Waals surface area contributed by atoms with Crippen LogP contribution in [0.25, 0.3) is 0 Å². The Morgan fingerprint density at radius 1 is 1.41 bits per heavy atom. The van der Waals surface area contributed by atoms with E-state index < -0.39 is 5.97 Å². The first-order valence-electron chi connectivity index (χ1n) is 5.84. The molecule has 1 aliphatic heterocycles. The van der Waals surface area contributed by atoms with Crippen LogP contribution < -0.4 is 0 Å². The monoisotopic (exact) mass is 235 g/mol. The van der Waals surface area contributed by atoms with Gasteiger partial charge in [-0.05, 0) is 5.56 Å². The number of carboxylic acid groups (broad SMARTS) is 1. The second-order valence-corrected chi connectivity index (χ2v) is 4.31. The van der Waals surface area contributed by atoms with Crippen LogP contribution in [0.3, 0.4) is 0 Å². The van der Waals surface area contributed by atoms with Crippen molar-refractivity contribution in [2.45, 2.75) is 19.1 Å². The third-order valence-electron chi connectivity index (χ3n) is 2.87. The molecule has 0 bridgehead atoms. The van der Waals surface area contributed by atoms with Gasteiger partial charge in [0, 0.05) is 19.6 Å². The second-order valence-electron chi connectivity index (χ2n) is 4.31. The first-order valence-corrected chi connectivity index (χ1v) is 5.84. The van der Waals surface area contributed by atoms with E-state index in [9.17, 15) is 4.79 Å². The molecule has 1 saturated heterocycles. The molecule has 1 aromatic carbocycles. The number of carbonyl (C=O) groups is 1. The van der Waals surface area contributed by atoms with E-state index in [-0.39, 0.29) is 12.5 Å². The molecule has 1 aliphatic rings. The number of benzene rings is 1. The molecular formula is C13H17NO3. The number of ether oxygens (including phenoxy) is 1. The minimum atomic E-state index is -0.795. The molecule has 0 saturated carbocycles. The Balaban J connectivity index is 1.87. The van der Waals surface area contributed by atoms with Crippen molar-refractivity contribution in [3.8, 4) is 0 Å². The molecule has 1 atom stereocenters. The molecule has 1 aromatic rings. The topological polar surface area (TPSA) is 49.8 Å². The zero-order chi connectivity index (χ0) is 12.1. The van der Waals surface area contributed by atoms with Crippen LogP contribution in [0.1, 0.15) is 12.0 Å². The maximum atomic E-state index is 10.6. The summed E-state index contributed by atoms with van der Waals surface area (Å²) < 4.78 is 5.43. The summed E-state index contributed by atoms with van der Waals surface area (Å²) in [7, 11) is 0. The molecule has 0 unspecified atom stereocenters. The molecule has 1 heterocycles. The van der Waals surface area contributed by atoms with Gasteiger partial charge < -0.3 is 9.84 Å². The van der Waals surface area contributed by atoms with Gasteiger partial charge >= 0.3 is 5.97 Å². The highest BCUT2D eigenvalue weighted by Gasteiger charge is 2.22. The third-order valence-corrected chi connectivity index (χ3v) is 2.87. The van der Waals surface area contributed by atoms with Gasteiger partial charge in [-0.25, -0.2) is 0 Å². The molecule has 4 heteroatoms. The van der Waals surface area contributed by atoms with Crippen LogP contribution in [0, 0.1) is 0 Å². The van der Waals surface area contributed by atoms with Gasteiger partial charge in [-0.3, -0.25) is 9.69 Å². The number of hydrogen-bond acceptors (Lipinski definition) is 3. The summed E-state index contributed by atoms with van der Waals surface area (Å²) in [5.74, 6) is -0.795. The van der Waals surface area contributed by atoms with Crippen LogP contribution in [-0.4, -0.2) is 41.8 Å². The fourth-order valence-electron chi connectivity index (χ4n) is 2.08. The maximum Gasteiger partial charge on any atom is 0.306 e. The minimum absolute atomic E-state index is 0.0886. The molecule has 17 heavy (non-hydrogen) atoms. The zero-order valence-corrected chi connectivity index (χ0v) is 9.71. The van der Waals surface area contributed by atoms with Crippen molar-refractivity contribution in [1.82, 2.24) is 4.90 Å². The van der Waals surface area contributed by atoms with Crippen LogP contribution in [0.2, 0.25) is 0 Å². The van der Waals surface area contributed by atoms with E-state index in [4.69, 9.17) is 9.84 Å². The standard InChI is InChI=1S/C13H17NO3/c15-13(16)8-12-10-14(6-7-17-12)9-11-4-2-1-3-5-11/h1-5,12H,6-10H2,(H,15,16)/t12-/m1/s1. The fourth-order valence-corrected chi connectivity index (χ4v) is 2.08. The molecule has 1 fully saturated rings. The molecule has 4 nitrogen and oxygen atoms in total. The maximum absolute atomic E-state index is 10.6. The predicted molar refractivity (Wildman–Crippen MR) is 63.7 cm³/mol. The summed E-state index contributed by atoms with van der Waals surface area (Å²) in [6, 6.07) is 10.2. The fraction of sp³-hybridized carbons (Fsp3) is 0.462. The molecule has 0 amide bonds. The van der Waals surface area contributed by atoms with Gasteiger partial charge in [-0.15, -0.1) is 0 Å². The number of morpholine rings is 1. The first-order chi connectivity index (χ1) is 8.24. The highest BCUT2D eigenvalue weighted by molar-refractivity contribution is 5.67. The van der Waals surface area contributed by atoms with E-state index in [2.05, 4.69) is 17.0 Å². The quantitative estimate of drug-likeness (QED) is 0.856. The van der Waals surface area contributed by atoms with Crippen LogP contribution in [0.15, 0.2) is 30.3 Å². The van der Waals surface area contributed by atoms with Gasteiger partial charge in [0.25, 0.3) is 0 Å². The average Bonchev–Trinajstić information content (AvgIpc) is 2.30. The van der Waals surface area contributed by atoms with E-state index in [1.165, 1.54) is 5.56 Å².